The molecule has 1 aromatic carbocycles. The molecule has 8 nitrogen and oxygen atoms in total. The fourth-order valence-corrected chi connectivity index (χ4v) is 3.14. The number of nitrogens with zero attached hydrogens (tertiary/aromatic N) is 1. The molecule has 2 N–H and O–H groups in total. The Kier molecular flexibility index (Phi) is 12.7. The molecule has 182 valence electrons. The molecule has 0 aliphatic carbocycles. The quantitative estimate of drug-likeness (QED) is 0.435. The van der Waals surface area contributed by atoms with Gasteiger partial charge in [0.2, 0.25) is 0 Å². The van der Waals surface area contributed by atoms with Gasteiger partial charge in [-0.3, -0.25) is 5.32 Å². The molecule has 0 aliphatic heterocycles. The number of amides is 2. The van der Waals surface area contributed by atoms with Crippen molar-refractivity contribution in [3.63, 3.8) is 0 Å². The molecule has 1 rings (SSSR count). The lowest BCUT2D eigenvalue weighted by Crippen LogP contribution is -2.43. The Morgan fingerprint density at radius 1 is 1.06 bits per heavy atom. The van der Waals surface area contributed by atoms with Crippen LogP contribution in [0.15, 0.2) is 30.3 Å². The molecule has 0 saturated heterocycles. The van der Waals surface area contributed by atoms with Crippen LogP contribution in [0.3, 0.4) is 0 Å². The number of carbonyl (C=O) groups excluding carboxylic acids is 2. The number of ether oxygens (including phenoxy) is 3. The van der Waals surface area contributed by atoms with Crippen molar-refractivity contribution in [3.8, 4) is 0 Å². The Labute approximate surface area is 193 Å². The Morgan fingerprint density at radius 3 is 2.34 bits per heavy atom. The molecule has 0 spiro atoms. The van der Waals surface area contributed by atoms with E-state index in [9.17, 15) is 9.59 Å². The second-order valence-corrected chi connectivity index (χ2v) is 8.78. The van der Waals surface area contributed by atoms with Crippen LogP contribution in [0.1, 0.15) is 58.9 Å². The zero-order valence-electron chi connectivity index (χ0n) is 20.5. The molecule has 1 aromatic rings. The van der Waals surface area contributed by atoms with E-state index in [4.69, 9.17) is 14.2 Å². The minimum absolute atomic E-state index is 0.0749. The van der Waals surface area contributed by atoms with Gasteiger partial charge in [-0.2, -0.15) is 0 Å². The minimum Gasteiger partial charge on any atom is -0.445 e. The first-order valence-electron chi connectivity index (χ1n) is 11.3. The highest BCUT2D eigenvalue weighted by atomic mass is 16.6. The van der Waals surface area contributed by atoms with Crippen molar-refractivity contribution in [2.75, 3.05) is 27.2 Å². The van der Waals surface area contributed by atoms with Crippen molar-refractivity contribution in [3.05, 3.63) is 35.9 Å². The first kappa shape index (κ1) is 27.7. The second-order valence-electron chi connectivity index (χ2n) is 8.78. The smallest absolute Gasteiger partial charge is 0.410 e. The summed E-state index contributed by atoms with van der Waals surface area (Å²) in [6, 6.07) is 9.62. The van der Waals surface area contributed by atoms with E-state index in [0.29, 0.717) is 19.5 Å². The Balaban J connectivity index is 2.34. The molecule has 0 heterocycles. The van der Waals surface area contributed by atoms with Crippen LogP contribution in [0, 0.1) is 0 Å². The maximum atomic E-state index is 12.4. The zero-order valence-corrected chi connectivity index (χ0v) is 20.5. The molecule has 2 amide bonds. The van der Waals surface area contributed by atoms with Crippen LogP contribution >= 0.6 is 0 Å². The van der Waals surface area contributed by atoms with E-state index in [1.807, 2.05) is 51.1 Å². The van der Waals surface area contributed by atoms with E-state index >= 15 is 0 Å². The van der Waals surface area contributed by atoms with Crippen LogP contribution < -0.4 is 10.6 Å². The van der Waals surface area contributed by atoms with E-state index in [2.05, 4.69) is 17.6 Å². The maximum Gasteiger partial charge on any atom is 0.410 e. The number of methoxy groups -OCH3 is 1. The third-order valence-corrected chi connectivity index (χ3v) is 4.87. The fourth-order valence-electron chi connectivity index (χ4n) is 3.14. The van der Waals surface area contributed by atoms with Crippen molar-refractivity contribution in [1.29, 1.82) is 0 Å². The van der Waals surface area contributed by atoms with Gasteiger partial charge in [-0.1, -0.05) is 43.7 Å². The minimum atomic E-state index is -0.517. The molecule has 0 fully saturated rings. The highest BCUT2D eigenvalue weighted by molar-refractivity contribution is 5.68. The summed E-state index contributed by atoms with van der Waals surface area (Å²) in [6.45, 7) is 9.04. The van der Waals surface area contributed by atoms with E-state index < -0.39 is 11.7 Å². The summed E-state index contributed by atoms with van der Waals surface area (Å²) in [4.78, 5) is 25.9. The summed E-state index contributed by atoms with van der Waals surface area (Å²) in [5.74, 6) is 0. The number of rotatable bonds is 13. The van der Waals surface area contributed by atoms with E-state index in [1.54, 1.807) is 19.1 Å². The number of benzene rings is 1. The fraction of sp³-hybridized carbons (Fsp3) is 0.667. The lowest BCUT2D eigenvalue weighted by atomic mass is 10.1. The topological polar surface area (TPSA) is 89.1 Å². The highest BCUT2D eigenvalue weighted by Gasteiger charge is 2.24. The molecular formula is C24H41N3O5. The first-order chi connectivity index (χ1) is 15.2. The van der Waals surface area contributed by atoms with Gasteiger partial charge in [-0.05, 0) is 45.7 Å². The Bertz CT molecular complexity index is 663. The predicted molar refractivity (Wildman–Crippen MR) is 125 cm³/mol. The largest absolute Gasteiger partial charge is 0.445 e. The standard InChI is InChI=1S/C24H41N3O5/c1-7-11-20(27(5)23(29)32-24(2,3)4)14-16-25-21(30-6)15-17-26-22(28)31-18-19-12-9-8-10-13-19/h8-10,12-13,20-21,25H,7,11,14-18H2,1-6H3,(H,26,28). The van der Waals surface area contributed by atoms with Crippen LogP contribution in [0.4, 0.5) is 9.59 Å². The van der Waals surface area contributed by atoms with Crippen molar-refractivity contribution >= 4 is 12.2 Å². The van der Waals surface area contributed by atoms with Crippen molar-refractivity contribution in [2.24, 2.45) is 0 Å². The van der Waals surface area contributed by atoms with Crippen LogP contribution in [-0.4, -0.2) is 62.2 Å². The Hall–Kier alpha value is -2.32. The average Bonchev–Trinajstić information content (AvgIpc) is 2.75. The van der Waals surface area contributed by atoms with Gasteiger partial charge in [0.15, 0.2) is 0 Å². The van der Waals surface area contributed by atoms with E-state index in [1.165, 1.54) is 0 Å². The molecule has 0 bridgehead atoms. The van der Waals surface area contributed by atoms with Crippen LogP contribution in [0.5, 0.6) is 0 Å². The van der Waals surface area contributed by atoms with E-state index in [-0.39, 0.29) is 25.0 Å². The van der Waals surface area contributed by atoms with Gasteiger partial charge in [-0.15, -0.1) is 0 Å². The summed E-state index contributed by atoms with van der Waals surface area (Å²) < 4.78 is 16.2. The summed E-state index contributed by atoms with van der Waals surface area (Å²) >= 11 is 0. The molecule has 2 unspecified atom stereocenters. The van der Waals surface area contributed by atoms with Gasteiger partial charge in [0.25, 0.3) is 0 Å². The van der Waals surface area contributed by atoms with Crippen LogP contribution in [0.25, 0.3) is 0 Å². The lowest BCUT2D eigenvalue weighted by Gasteiger charge is -2.31. The van der Waals surface area contributed by atoms with Crippen molar-refractivity contribution < 1.29 is 23.8 Å². The predicted octanol–water partition coefficient (Wildman–Crippen LogP) is 4.29. The number of hydrogen-bond donors (Lipinski definition) is 2. The number of hydrogen-bond acceptors (Lipinski definition) is 6. The van der Waals surface area contributed by atoms with Gasteiger partial charge in [0.05, 0.1) is 0 Å². The number of nitrogens with one attached hydrogen (secondary N) is 2. The summed E-state index contributed by atoms with van der Waals surface area (Å²) in [5.41, 5.74) is 0.425. The summed E-state index contributed by atoms with van der Waals surface area (Å²) in [6.07, 6.45) is 2.26. The maximum absolute atomic E-state index is 12.4. The van der Waals surface area contributed by atoms with Gasteiger partial charge in [0, 0.05) is 33.2 Å². The average molecular weight is 452 g/mol. The van der Waals surface area contributed by atoms with Crippen molar-refractivity contribution in [2.45, 2.75) is 77.9 Å². The molecule has 0 aliphatic rings. The lowest BCUT2D eigenvalue weighted by molar-refractivity contribution is 0.0197. The molecular weight excluding hydrogens is 410 g/mol. The SMILES string of the molecule is CCCC(CCNC(CCNC(=O)OCc1ccccc1)OC)N(C)C(=O)OC(C)(C)C. The van der Waals surface area contributed by atoms with Crippen LogP contribution in [0.2, 0.25) is 0 Å². The molecule has 0 saturated carbocycles. The van der Waals surface area contributed by atoms with Gasteiger partial charge < -0.3 is 24.4 Å². The number of carbonyl (C=O) groups is 2. The van der Waals surface area contributed by atoms with Gasteiger partial charge >= 0.3 is 12.2 Å². The first-order valence-corrected chi connectivity index (χ1v) is 11.3. The molecule has 0 radical (unpaired) electrons. The van der Waals surface area contributed by atoms with E-state index in [0.717, 1.165) is 24.8 Å². The van der Waals surface area contributed by atoms with Crippen LogP contribution in [-0.2, 0) is 20.8 Å². The van der Waals surface area contributed by atoms with Crippen molar-refractivity contribution in [1.82, 2.24) is 15.5 Å². The molecule has 32 heavy (non-hydrogen) atoms. The normalized spacial score (nSPS) is 13.2. The zero-order chi connectivity index (χ0) is 24.0. The monoisotopic (exact) mass is 451 g/mol. The number of alkyl carbamates (subject to hydrolysis) is 1. The molecule has 2 atom stereocenters. The summed E-state index contributed by atoms with van der Waals surface area (Å²) in [7, 11) is 3.41. The second kappa shape index (κ2) is 14.7. The Morgan fingerprint density at radius 2 is 1.75 bits per heavy atom. The third-order valence-electron chi connectivity index (χ3n) is 4.87. The summed E-state index contributed by atoms with van der Waals surface area (Å²) in [5, 5.41) is 6.08. The molecule has 8 heteroatoms. The van der Waals surface area contributed by atoms with Gasteiger partial charge in [-0.25, -0.2) is 9.59 Å². The molecule has 0 aromatic heterocycles. The van der Waals surface area contributed by atoms with Gasteiger partial charge in [0.1, 0.15) is 18.4 Å². The highest BCUT2D eigenvalue weighted by Crippen LogP contribution is 2.15. The third kappa shape index (κ3) is 11.9.